The number of ether oxygens (including phenoxy) is 2. The summed E-state index contributed by atoms with van der Waals surface area (Å²) in [5.41, 5.74) is 0.952. The van der Waals surface area contributed by atoms with Gasteiger partial charge in [0.2, 0.25) is 6.10 Å². The molecular weight excluding hydrogens is 382 g/mol. The molecule has 142 valence electrons. The Hall–Kier alpha value is -3.45. The molecule has 1 unspecified atom stereocenters. The molecule has 1 amide bonds. The monoisotopic (exact) mass is 397 g/mol. The van der Waals surface area contributed by atoms with E-state index in [-0.39, 0.29) is 5.69 Å². The molecule has 28 heavy (non-hydrogen) atoms. The number of halogens is 1. The predicted octanol–water partition coefficient (Wildman–Crippen LogP) is 3.68. The van der Waals surface area contributed by atoms with Crippen LogP contribution in [-0.4, -0.2) is 29.0 Å². The van der Waals surface area contributed by atoms with E-state index >= 15 is 0 Å². The van der Waals surface area contributed by atoms with Gasteiger partial charge in [0.15, 0.2) is 5.69 Å². The lowest BCUT2D eigenvalue weighted by atomic mass is 10.1. The fraction of sp³-hybridized carbons (Fsp3) is 0.100. The first kappa shape index (κ1) is 19.3. The van der Waals surface area contributed by atoms with Crippen LogP contribution in [0.15, 0.2) is 67.1 Å². The van der Waals surface area contributed by atoms with Gasteiger partial charge in [0, 0.05) is 23.6 Å². The zero-order chi connectivity index (χ0) is 19.9. The van der Waals surface area contributed by atoms with Crippen LogP contribution < -0.4 is 10.1 Å². The van der Waals surface area contributed by atoms with Crippen molar-refractivity contribution in [3.05, 3.63) is 83.4 Å². The molecule has 3 rings (SSSR count). The molecule has 0 saturated heterocycles. The third kappa shape index (κ3) is 4.63. The number of hydrogen-bond donors (Lipinski definition) is 1. The Kier molecular flexibility index (Phi) is 6.18. The SMILES string of the molecule is COc1ccc(NC(=O)C(OC(=O)c2cnccn2)c2ccccc2)cc1Cl. The number of carbonyl (C=O) groups is 2. The van der Waals surface area contributed by atoms with Crippen LogP contribution in [0.1, 0.15) is 22.2 Å². The highest BCUT2D eigenvalue weighted by molar-refractivity contribution is 6.32. The molecule has 0 aliphatic rings. The van der Waals surface area contributed by atoms with Crippen LogP contribution in [0.25, 0.3) is 0 Å². The summed E-state index contributed by atoms with van der Waals surface area (Å²) in [5.74, 6) is -0.817. The summed E-state index contributed by atoms with van der Waals surface area (Å²) in [7, 11) is 1.50. The maximum absolute atomic E-state index is 12.8. The molecule has 0 radical (unpaired) electrons. The first-order chi connectivity index (χ1) is 13.6. The van der Waals surface area contributed by atoms with E-state index < -0.39 is 18.0 Å². The smallest absolute Gasteiger partial charge is 0.359 e. The molecule has 8 heteroatoms. The topological polar surface area (TPSA) is 90.4 Å². The van der Waals surface area contributed by atoms with Gasteiger partial charge in [-0.25, -0.2) is 9.78 Å². The number of methoxy groups -OCH3 is 1. The summed E-state index contributed by atoms with van der Waals surface area (Å²) in [6.45, 7) is 0. The molecule has 1 aromatic heterocycles. The van der Waals surface area contributed by atoms with Crippen molar-refractivity contribution in [2.75, 3.05) is 12.4 Å². The molecule has 3 aromatic rings. The van der Waals surface area contributed by atoms with Crippen molar-refractivity contribution in [1.29, 1.82) is 0 Å². The van der Waals surface area contributed by atoms with Crippen LogP contribution in [0.3, 0.4) is 0 Å². The van der Waals surface area contributed by atoms with E-state index in [2.05, 4.69) is 15.3 Å². The summed E-state index contributed by atoms with van der Waals surface area (Å²) >= 11 is 6.10. The van der Waals surface area contributed by atoms with E-state index in [1.165, 1.54) is 25.7 Å². The molecule has 1 heterocycles. The third-order valence-corrected chi connectivity index (χ3v) is 4.05. The van der Waals surface area contributed by atoms with Gasteiger partial charge in [-0.05, 0) is 18.2 Å². The maximum atomic E-state index is 12.8. The van der Waals surface area contributed by atoms with Gasteiger partial charge in [0.05, 0.1) is 18.3 Å². The minimum absolute atomic E-state index is 0.00345. The second kappa shape index (κ2) is 8.96. The predicted molar refractivity (Wildman–Crippen MR) is 103 cm³/mol. The van der Waals surface area contributed by atoms with Crippen LogP contribution in [0.4, 0.5) is 5.69 Å². The van der Waals surface area contributed by atoms with Crippen molar-refractivity contribution in [2.45, 2.75) is 6.10 Å². The van der Waals surface area contributed by atoms with Gasteiger partial charge in [0.1, 0.15) is 5.75 Å². The van der Waals surface area contributed by atoms with Gasteiger partial charge in [-0.2, -0.15) is 0 Å². The van der Waals surface area contributed by atoms with E-state index in [4.69, 9.17) is 21.1 Å². The standard InChI is InChI=1S/C20H16ClN3O4/c1-27-17-8-7-14(11-15(17)21)24-19(25)18(13-5-3-2-4-6-13)28-20(26)16-12-22-9-10-23-16/h2-12,18H,1H3,(H,24,25). The second-order valence-electron chi connectivity index (χ2n) is 5.63. The molecule has 0 bridgehead atoms. The Morgan fingerprint density at radius 3 is 2.54 bits per heavy atom. The van der Waals surface area contributed by atoms with Gasteiger partial charge in [-0.1, -0.05) is 41.9 Å². The average Bonchev–Trinajstić information content (AvgIpc) is 2.73. The van der Waals surface area contributed by atoms with E-state index in [0.29, 0.717) is 22.0 Å². The number of nitrogens with one attached hydrogen (secondary N) is 1. The van der Waals surface area contributed by atoms with Gasteiger partial charge in [-0.3, -0.25) is 9.78 Å². The minimum Gasteiger partial charge on any atom is -0.495 e. The number of hydrogen-bond acceptors (Lipinski definition) is 6. The quantitative estimate of drug-likeness (QED) is 0.638. The normalized spacial score (nSPS) is 11.4. The number of aromatic nitrogens is 2. The third-order valence-electron chi connectivity index (χ3n) is 3.76. The van der Waals surface area contributed by atoms with E-state index in [1.807, 2.05) is 0 Å². The summed E-state index contributed by atoms with van der Waals surface area (Å²) in [6.07, 6.45) is 2.89. The minimum atomic E-state index is -1.18. The fourth-order valence-electron chi connectivity index (χ4n) is 2.42. The van der Waals surface area contributed by atoms with Crippen LogP contribution in [0.2, 0.25) is 5.02 Å². The highest BCUT2D eigenvalue weighted by Gasteiger charge is 2.26. The Labute approximate surface area is 166 Å². The maximum Gasteiger partial charge on any atom is 0.359 e. The Balaban J connectivity index is 1.83. The summed E-state index contributed by atoms with van der Waals surface area (Å²) < 4.78 is 10.5. The summed E-state index contributed by atoms with van der Waals surface area (Å²) in [4.78, 5) is 33.0. The molecule has 1 atom stereocenters. The van der Waals surface area contributed by atoms with Crippen LogP contribution in [-0.2, 0) is 9.53 Å². The highest BCUT2D eigenvalue weighted by atomic mass is 35.5. The van der Waals surface area contributed by atoms with E-state index in [1.54, 1.807) is 48.5 Å². The lowest BCUT2D eigenvalue weighted by molar-refractivity contribution is -0.125. The molecule has 0 spiro atoms. The van der Waals surface area contributed by atoms with Crippen LogP contribution in [0, 0.1) is 0 Å². The van der Waals surface area contributed by atoms with E-state index in [0.717, 1.165) is 0 Å². The molecule has 2 aromatic carbocycles. The van der Waals surface area contributed by atoms with Gasteiger partial charge in [-0.15, -0.1) is 0 Å². The van der Waals surface area contributed by atoms with Crippen LogP contribution >= 0.6 is 11.6 Å². The first-order valence-corrected chi connectivity index (χ1v) is 8.62. The first-order valence-electron chi connectivity index (χ1n) is 8.25. The zero-order valence-corrected chi connectivity index (χ0v) is 15.6. The number of rotatable bonds is 6. The molecule has 1 N–H and O–H groups in total. The highest BCUT2D eigenvalue weighted by Crippen LogP contribution is 2.28. The molecule has 0 fully saturated rings. The van der Waals surface area contributed by atoms with Crippen molar-refractivity contribution in [1.82, 2.24) is 9.97 Å². The Morgan fingerprint density at radius 2 is 1.89 bits per heavy atom. The largest absolute Gasteiger partial charge is 0.495 e. The molecule has 0 aliphatic heterocycles. The number of anilines is 1. The summed E-state index contributed by atoms with van der Waals surface area (Å²) in [5, 5.41) is 3.04. The molecular formula is C20H16ClN3O4. The number of amides is 1. The Morgan fingerprint density at radius 1 is 1.11 bits per heavy atom. The number of benzene rings is 2. The van der Waals surface area contributed by atoms with Crippen molar-refractivity contribution in [2.24, 2.45) is 0 Å². The molecule has 0 saturated carbocycles. The van der Waals surface area contributed by atoms with Crippen molar-refractivity contribution < 1.29 is 19.1 Å². The van der Waals surface area contributed by atoms with Crippen molar-refractivity contribution >= 4 is 29.2 Å². The van der Waals surface area contributed by atoms with Gasteiger partial charge >= 0.3 is 5.97 Å². The number of nitrogens with zero attached hydrogens (tertiary/aromatic N) is 2. The number of carbonyl (C=O) groups excluding carboxylic acids is 2. The second-order valence-corrected chi connectivity index (χ2v) is 6.03. The zero-order valence-electron chi connectivity index (χ0n) is 14.8. The Bertz CT molecular complexity index is 968. The lowest BCUT2D eigenvalue weighted by Crippen LogP contribution is -2.26. The van der Waals surface area contributed by atoms with Crippen molar-refractivity contribution in [3.63, 3.8) is 0 Å². The molecule has 0 aliphatic carbocycles. The lowest BCUT2D eigenvalue weighted by Gasteiger charge is -2.18. The average molecular weight is 398 g/mol. The fourth-order valence-corrected chi connectivity index (χ4v) is 2.68. The number of esters is 1. The molecule has 7 nitrogen and oxygen atoms in total. The van der Waals surface area contributed by atoms with Gasteiger partial charge < -0.3 is 14.8 Å². The van der Waals surface area contributed by atoms with E-state index in [9.17, 15) is 9.59 Å². The van der Waals surface area contributed by atoms with Gasteiger partial charge in [0.25, 0.3) is 5.91 Å². The summed E-state index contributed by atoms with van der Waals surface area (Å²) in [6, 6.07) is 13.5. The van der Waals surface area contributed by atoms with Crippen molar-refractivity contribution in [3.8, 4) is 5.75 Å². The van der Waals surface area contributed by atoms with Crippen LogP contribution in [0.5, 0.6) is 5.75 Å².